The molecule has 15 heteroatoms. The van der Waals surface area contributed by atoms with E-state index in [0.717, 1.165) is 82.7 Å². The molecule has 18 bridgehead atoms. The Hall–Kier alpha value is -9.52. The van der Waals surface area contributed by atoms with Crippen LogP contribution in [0.25, 0.3) is 0 Å². The molecule has 0 spiro atoms. The molecule has 0 saturated heterocycles. The predicted molar refractivity (Wildman–Crippen MR) is 340 cm³/mol. The van der Waals surface area contributed by atoms with Gasteiger partial charge in [0.15, 0.2) is 75.6 Å². The monoisotopic (exact) mass is 1200 g/mol. The highest BCUT2D eigenvalue weighted by Crippen LogP contribution is 2.45. The number of anilines is 1. The molecule has 0 atom stereocenters. The molecule has 23 rings (SSSR count). The van der Waals surface area contributed by atoms with E-state index in [0.29, 0.717) is 113 Å². The lowest BCUT2D eigenvalue weighted by Gasteiger charge is -2.22. The zero-order valence-corrected chi connectivity index (χ0v) is 50.9. The topological polar surface area (TPSA) is 140 Å². The van der Waals surface area contributed by atoms with Crippen molar-refractivity contribution in [1.82, 2.24) is 0 Å². The fourth-order valence-electron chi connectivity index (χ4n) is 12.3. The third-order valence-electron chi connectivity index (χ3n) is 16.6. The summed E-state index contributed by atoms with van der Waals surface area (Å²) in [5.41, 5.74) is 13.0. The Kier molecular flexibility index (Phi) is 16.9. The van der Waals surface area contributed by atoms with Crippen molar-refractivity contribution in [2.24, 2.45) is 0 Å². The minimum absolute atomic E-state index is 0.118. The maximum atomic E-state index is 14.5. The van der Waals surface area contributed by atoms with E-state index < -0.39 is 7.92 Å². The summed E-state index contributed by atoms with van der Waals surface area (Å²) in [5.74, 6) is 6.32. The first-order chi connectivity index (χ1) is 43.2. The van der Waals surface area contributed by atoms with Gasteiger partial charge in [-0.1, -0.05) is 78.9 Å². The van der Waals surface area contributed by atoms with Crippen LogP contribution in [0.3, 0.4) is 0 Å². The van der Waals surface area contributed by atoms with Crippen LogP contribution in [0.2, 0.25) is 0 Å². The summed E-state index contributed by atoms with van der Waals surface area (Å²) in [5, 5.41) is 6.59. The van der Waals surface area contributed by atoms with Crippen LogP contribution in [0.5, 0.6) is 69.0 Å². The van der Waals surface area contributed by atoms with Gasteiger partial charge in [0.2, 0.25) is 0 Å². The number of benzene rings is 9. The second-order valence-corrected chi connectivity index (χ2v) is 24.1. The largest absolute Gasteiger partial charge is 0.493 e. The Labute approximate surface area is 513 Å². The van der Waals surface area contributed by atoms with Gasteiger partial charge in [-0.05, 0) is 203 Å². The molecule has 14 nitrogen and oxygen atoms in total. The van der Waals surface area contributed by atoms with Crippen molar-refractivity contribution in [3.8, 4) is 69.0 Å². The number of amides is 1. The fourth-order valence-corrected chi connectivity index (χ4v) is 14.7. The van der Waals surface area contributed by atoms with E-state index in [-0.39, 0.29) is 52.2 Å². The summed E-state index contributed by atoms with van der Waals surface area (Å²) in [6.07, 6.45) is 3.14. The van der Waals surface area contributed by atoms with Crippen LogP contribution in [-0.2, 0) is 43.3 Å². The number of methoxy groups -OCH3 is 5. The Bertz CT molecular complexity index is 4010. The summed E-state index contributed by atoms with van der Waals surface area (Å²) in [6, 6.07) is 53.6. The summed E-state index contributed by atoms with van der Waals surface area (Å²) >= 11 is 0. The van der Waals surface area contributed by atoms with Crippen LogP contribution in [0.15, 0.2) is 158 Å². The van der Waals surface area contributed by atoms with Crippen LogP contribution < -0.4 is 78.1 Å². The van der Waals surface area contributed by atoms with E-state index in [1.807, 2.05) is 42.5 Å². The molecule has 0 saturated carbocycles. The summed E-state index contributed by atoms with van der Waals surface area (Å²) < 4.78 is 77.3. The number of ether oxygens (including phenoxy) is 12. The molecule has 0 fully saturated rings. The Morgan fingerprint density at radius 1 is 0.352 bits per heavy atom. The van der Waals surface area contributed by atoms with Crippen LogP contribution in [0.1, 0.15) is 66.8 Å². The molecule has 9 aromatic rings. The predicted octanol–water partition coefficient (Wildman–Crippen LogP) is 11.7. The molecule has 12 aliphatic heterocycles. The lowest BCUT2D eigenvalue weighted by Crippen LogP contribution is -2.27. The lowest BCUT2D eigenvalue weighted by atomic mass is 9.94. The normalized spacial score (nSPS) is 13.9. The fraction of sp³-hybridized carbons (Fsp3) is 0.247. The summed E-state index contributed by atoms with van der Waals surface area (Å²) in [6.45, 7) is 0.773. The molecule has 2 aliphatic carbocycles. The van der Waals surface area contributed by atoms with Gasteiger partial charge in [0.25, 0.3) is 5.91 Å². The highest BCUT2D eigenvalue weighted by atomic mass is 31.1. The number of hydrogen-bond acceptors (Lipinski definition) is 13. The Morgan fingerprint density at radius 3 is 0.920 bits per heavy atom. The van der Waals surface area contributed by atoms with Gasteiger partial charge >= 0.3 is 0 Å². The van der Waals surface area contributed by atoms with Crippen LogP contribution in [0.4, 0.5) is 5.69 Å². The highest BCUT2D eigenvalue weighted by Gasteiger charge is 2.28. The van der Waals surface area contributed by atoms with E-state index >= 15 is 0 Å². The van der Waals surface area contributed by atoms with E-state index in [1.54, 1.807) is 35.5 Å². The summed E-state index contributed by atoms with van der Waals surface area (Å²) in [7, 11) is 7.26. The molecule has 0 radical (unpaired) electrons. The molecular weight excluding hydrogens is 1130 g/mol. The third-order valence-corrected chi connectivity index (χ3v) is 19.1. The van der Waals surface area contributed by atoms with Gasteiger partial charge in [0.05, 0.1) is 35.5 Å². The number of carbonyl (C=O) groups is 1. The smallest absolute Gasteiger partial charge is 0.262 e. The molecular formula is C73H68NO13P. The number of carbonyl (C=O) groups excluding carboxylic acids is 1. The van der Waals surface area contributed by atoms with Gasteiger partial charge in [-0.3, -0.25) is 4.79 Å². The van der Waals surface area contributed by atoms with Crippen molar-refractivity contribution in [3.05, 3.63) is 224 Å². The number of rotatable bonds is 12. The first kappa shape index (κ1) is 57.5. The average molecular weight is 1200 g/mol. The standard InChI is InChI=1S/C73H68NO13P/c1-76-60-32-45-26-50-37-65-61(77-2)33-46(50)28-52-39-68-62(78-3)34-47(52)27-51(45)38-66(60)82-22-23-84-69-41-54-31-56-43-71(87-44-73(75)74-59-18-12-13-19-72(59)88(57-14-8-6-9-15-57)58-16-10-7-11-17-58)70(86-25-24-85-68)42-55(56)30-49-36-64(80-5)67(83-21-20-81-65)40-53(49)29-48(54)35-63(69)79-4/h6-19,32-43H,20-31,44H2,1-5H3,(H,74,75). The molecule has 448 valence electrons. The van der Waals surface area contributed by atoms with E-state index in [2.05, 4.69) is 121 Å². The first-order valence-corrected chi connectivity index (χ1v) is 30.9. The van der Waals surface area contributed by atoms with Crippen LogP contribution in [-0.4, -0.2) is 87.7 Å². The first-order valence-electron chi connectivity index (χ1n) is 29.6. The second kappa shape index (κ2) is 25.8. The minimum Gasteiger partial charge on any atom is -0.493 e. The molecule has 1 N–H and O–H groups in total. The van der Waals surface area contributed by atoms with Crippen molar-refractivity contribution in [2.75, 3.05) is 87.1 Å². The van der Waals surface area contributed by atoms with Crippen molar-refractivity contribution < 1.29 is 61.6 Å². The molecule has 0 aromatic heterocycles. The van der Waals surface area contributed by atoms with Gasteiger partial charge < -0.3 is 62.2 Å². The van der Waals surface area contributed by atoms with Crippen molar-refractivity contribution in [2.45, 2.75) is 38.5 Å². The minimum atomic E-state index is -1.03. The third kappa shape index (κ3) is 12.1. The van der Waals surface area contributed by atoms with Crippen LogP contribution in [0, 0.1) is 0 Å². The highest BCUT2D eigenvalue weighted by molar-refractivity contribution is 7.80. The van der Waals surface area contributed by atoms with Crippen molar-refractivity contribution >= 4 is 35.4 Å². The molecule has 12 heterocycles. The zero-order chi connectivity index (χ0) is 60.1. The average Bonchev–Trinajstić information content (AvgIpc) is 3.64. The van der Waals surface area contributed by atoms with Gasteiger partial charge in [0, 0.05) is 11.0 Å². The Morgan fingerprint density at radius 2 is 0.614 bits per heavy atom. The van der Waals surface area contributed by atoms with Crippen molar-refractivity contribution in [3.63, 3.8) is 0 Å². The van der Waals surface area contributed by atoms with E-state index in [1.165, 1.54) is 0 Å². The maximum absolute atomic E-state index is 14.5. The lowest BCUT2D eigenvalue weighted by molar-refractivity contribution is -0.118. The molecule has 14 aliphatic rings. The summed E-state index contributed by atoms with van der Waals surface area (Å²) in [4.78, 5) is 14.5. The van der Waals surface area contributed by atoms with Crippen LogP contribution >= 0.6 is 7.92 Å². The van der Waals surface area contributed by atoms with E-state index in [9.17, 15) is 4.79 Å². The number of hydrogen-bond donors (Lipinski definition) is 1. The molecule has 1 amide bonds. The molecule has 9 aromatic carbocycles. The number of nitrogens with one attached hydrogen (secondary N) is 1. The second-order valence-electron chi connectivity index (χ2n) is 21.9. The zero-order valence-electron chi connectivity index (χ0n) is 50.0. The quantitative estimate of drug-likeness (QED) is 0.116. The van der Waals surface area contributed by atoms with Crippen molar-refractivity contribution in [1.29, 1.82) is 0 Å². The van der Waals surface area contributed by atoms with Gasteiger partial charge in [-0.2, -0.15) is 0 Å². The maximum Gasteiger partial charge on any atom is 0.262 e. The number of para-hydroxylation sites is 1. The van der Waals surface area contributed by atoms with E-state index in [4.69, 9.17) is 56.8 Å². The van der Waals surface area contributed by atoms with Gasteiger partial charge in [0.1, 0.15) is 39.6 Å². The van der Waals surface area contributed by atoms with Gasteiger partial charge in [-0.15, -0.1) is 0 Å². The molecule has 0 unspecified atom stereocenters. The van der Waals surface area contributed by atoms with Gasteiger partial charge in [-0.25, -0.2) is 0 Å². The SMILES string of the molecule is COc1cc2c3cc1OCCOc1cc4c(cc1OC)Cc1cc5c(OCC(=O)Nc6ccccc6P(c6ccccc6)c6ccccc6)cc1Cc1cc(c(OC)cc1C4)OCCOc1cc(c(cc1OC)C3)Cc1cc(OC)c(cc1C2)OCCO5. The molecule has 88 heavy (non-hydrogen) atoms. The Balaban J connectivity index is 0.940.